The molecule has 4 rings (SSSR count). The standard InChI is InChI=1S/C30H32O3/c1-18-13-14-24-19(2)26(29(33-7)20(3)28(24)30(18,4)5)27-23(17-31)15-22(16-25(27)32-6)21-11-9-8-10-12-21/h8-13,15-17H,14H2,1-7H3. The Balaban J connectivity index is 2.07. The Morgan fingerprint density at radius 1 is 0.879 bits per heavy atom. The van der Waals surface area contributed by atoms with Gasteiger partial charge in [0.1, 0.15) is 11.5 Å². The van der Waals surface area contributed by atoms with Crippen LogP contribution in [0, 0.1) is 13.8 Å². The molecular weight excluding hydrogens is 408 g/mol. The minimum Gasteiger partial charge on any atom is -0.496 e. The molecule has 0 saturated heterocycles. The lowest BCUT2D eigenvalue weighted by Gasteiger charge is -2.37. The molecule has 3 heteroatoms. The lowest BCUT2D eigenvalue weighted by atomic mass is 9.68. The van der Waals surface area contributed by atoms with Crippen molar-refractivity contribution in [2.45, 2.75) is 46.5 Å². The summed E-state index contributed by atoms with van der Waals surface area (Å²) in [4.78, 5) is 12.4. The number of rotatable bonds is 5. The van der Waals surface area contributed by atoms with Gasteiger partial charge >= 0.3 is 0 Å². The summed E-state index contributed by atoms with van der Waals surface area (Å²) in [5.74, 6) is 1.48. The third kappa shape index (κ3) is 3.56. The highest BCUT2D eigenvalue weighted by Gasteiger charge is 2.35. The number of hydrogen-bond acceptors (Lipinski definition) is 3. The van der Waals surface area contributed by atoms with Gasteiger partial charge in [-0.3, -0.25) is 4.79 Å². The molecule has 3 aromatic carbocycles. The van der Waals surface area contributed by atoms with Crippen molar-refractivity contribution in [3.63, 3.8) is 0 Å². The van der Waals surface area contributed by atoms with Crippen molar-refractivity contribution in [1.29, 1.82) is 0 Å². The number of carbonyl (C=O) groups is 1. The van der Waals surface area contributed by atoms with Crippen LogP contribution in [-0.4, -0.2) is 20.5 Å². The molecule has 170 valence electrons. The monoisotopic (exact) mass is 440 g/mol. The van der Waals surface area contributed by atoms with E-state index in [9.17, 15) is 4.79 Å². The molecule has 0 atom stereocenters. The second kappa shape index (κ2) is 8.55. The van der Waals surface area contributed by atoms with Crippen molar-refractivity contribution in [3.05, 3.63) is 81.9 Å². The molecule has 33 heavy (non-hydrogen) atoms. The fourth-order valence-electron chi connectivity index (χ4n) is 5.36. The van der Waals surface area contributed by atoms with E-state index >= 15 is 0 Å². The zero-order chi connectivity index (χ0) is 23.9. The van der Waals surface area contributed by atoms with Crippen LogP contribution in [0.1, 0.15) is 53.4 Å². The fraction of sp³-hybridized carbons (Fsp3) is 0.300. The van der Waals surface area contributed by atoms with Gasteiger partial charge in [0.25, 0.3) is 0 Å². The van der Waals surface area contributed by atoms with Gasteiger partial charge in [0.05, 0.1) is 14.2 Å². The SMILES string of the molecule is COc1cc(-c2ccccc2)cc(C=O)c1-c1c(C)c2c(c(C)c1OC)C(C)(C)C(C)=CC2. The molecule has 0 saturated carbocycles. The molecule has 0 spiro atoms. The minimum atomic E-state index is -0.0804. The van der Waals surface area contributed by atoms with Crippen LogP contribution in [0.4, 0.5) is 0 Å². The van der Waals surface area contributed by atoms with Crippen LogP contribution in [0.5, 0.6) is 11.5 Å². The first-order valence-electron chi connectivity index (χ1n) is 11.4. The van der Waals surface area contributed by atoms with E-state index in [1.807, 2.05) is 42.5 Å². The number of methoxy groups -OCH3 is 2. The number of fused-ring (bicyclic) bond motifs is 1. The van der Waals surface area contributed by atoms with Gasteiger partial charge in [0.15, 0.2) is 6.29 Å². The number of ether oxygens (including phenoxy) is 2. The van der Waals surface area contributed by atoms with Crippen molar-refractivity contribution < 1.29 is 14.3 Å². The summed E-state index contributed by atoms with van der Waals surface area (Å²) in [5.41, 5.74) is 10.5. The number of hydrogen-bond donors (Lipinski definition) is 0. The Kier molecular flexibility index (Phi) is 5.92. The summed E-state index contributed by atoms with van der Waals surface area (Å²) in [7, 11) is 3.37. The molecule has 0 heterocycles. The van der Waals surface area contributed by atoms with E-state index < -0.39 is 0 Å². The van der Waals surface area contributed by atoms with Gasteiger partial charge in [0, 0.05) is 22.1 Å². The average molecular weight is 441 g/mol. The maximum atomic E-state index is 12.4. The van der Waals surface area contributed by atoms with Gasteiger partial charge in [-0.1, -0.05) is 55.8 Å². The van der Waals surface area contributed by atoms with Gasteiger partial charge in [-0.05, 0) is 72.7 Å². The molecular formula is C30H32O3. The van der Waals surface area contributed by atoms with E-state index in [0.717, 1.165) is 51.8 Å². The molecule has 0 fully saturated rings. The van der Waals surface area contributed by atoms with Crippen molar-refractivity contribution in [2.75, 3.05) is 14.2 Å². The average Bonchev–Trinajstić information content (AvgIpc) is 2.82. The minimum absolute atomic E-state index is 0.0804. The van der Waals surface area contributed by atoms with E-state index in [-0.39, 0.29) is 5.41 Å². The summed E-state index contributed by atoms with van der Waals surface area (Å²) >= 11 is 0. The normalized spacial score (nSPS) is 14.3. The highest BCUT2D eigenvalue weighted by Crippen LogP contribution is 2.51. The predicted molar refractivity (Wildman–Crippen MR) is 136 cm³/mol. The first-order chi connectivity index (χ1) is 15.8. The second-order valence-electron chi connectivity index (χ2n) is 9.35. The summed E-state index contributed by atoms with van der Waals surface area (Å²) in [6.07, 6.45) is 4.11. The van der Waals surface area contributed by atoms with Crippen LogP contribution in [0.2, 0.25) is 0 Å². The van der Waals surface area contributed by atoms with Gasteiger partial charge in [-0.25, -0.2) is 0 Å². The first kappa shape index (κ1) is 22.8. The lowest BCUT2D eigenvalue weighted by molar-refractivity contribution is 0.112. The third-order valence-corrected chi connectivity index (χ3v) is 7.34. The topological polar surface area (TPSA) is 35.5 Å². The summed E-state index contributed by atoms with van der Waals surface area (Å²) in [6, 6.07) is 14.0. The van der Waals surface area contributed by atoms with Crippen LogP contribution < -0.4 is 9.47 Å². The molecule has 1 aliphatic carbocycles. The molecule has 0 bridgehead atoms. The molecule has 0 amide bonds. The van der Waals surface area contributed by atoms with Crippen LogP contribution in [0.25, 0.3) is 22.3 Å². The molecule has 1 aliphatic rings. The number of allylic oxidation sites excluding steroid dienone is 2. The summed E-state index contributed by atoms with van der Waals surface area (Å²) in [6.45, 7) is 11.0. The van der Waals surface area contributed by atoms with E-state index in [1.165, 1.54) is 16.7 Å². The fourth-order valence-corrected chi connectivity index (χ4v) is 5.36. The molecule has 0 radical (unpaired) electrons. The summed E-state index contributed by atoms with van der Waals surface area (Å²) < 4.78 is 11.9. The predicted octanol–water partition coefficient (Wildman–Crippen LogP) is 7.25. The van der Waals surface area contributed by atoms with Crippen LogP contribution in [-0.2, 0) is 11.8 Å². The molecule has 0 N–H and O–H groups in total. The Morgan fingerprint density at radius 3 is 2.18 bits per heavy atom. The smallest absolute Gasteiger partial charge is 0.150 e. The van der Waals surface area contributed by atoms with E-state index in [2.05, 4.69) is 40.7 Å². The van der Waals surface area contributed by atoms with Gasteiger partial charge in [-0.15, -0.1) is 0 Å². The highest BCUT2D eigenvalue weighted by atomic mass is 16.5. The van der Waals surface area contributed by atoms with Crippen LogP contribution >= 0.6 is 0 Å². The lowest BCUT2D eigenvalue weighted by Crippen LogP contribution is -2.27. The Hall–Kier alpha value is -3.33. The van der Waals surface area contributed by atoms with Crippen LogP contribution in [0.3, 0.4) is 0 Å². The van der Waals surface area contributed by atoms with Crippen molar-refractivity contribution in [1.82, 2.24) is 0 Å². The molecule has 0 aromatic heterocycles. The van der Waals surface area contributed by atoms with Crippen molar-refractivity contribution in [2.24, 2.45) is 0 Å². The Bertz CT molecular complexity index is 1260. The highest BCUT2D eigenvalue weighted by molar-refractivity contribution is 5.97. The zero-order valence-electron chi connectivity index (χ0n) is 20.6. The van der Waals surface area contributed by atoms with E-state index in [0.29, 0.717) is 11.3 Å². The second-order valence-corrected chi connectivity index (χ2v) is 9.35. The van der Waals surface area contributed by atoms with E-state index in [1.54, 1.807) is 14.2 Å². The van der Waals surface area contributed by atoms with Crippen molar-refractivity contribution >= 4 is 6.29 Å². The molecule has 3 nitrogen and oxygen atoms in total. The maximum Gasteiger partial charge on any atom is 0.150 e. The van der Waals surface area contributed by atoms with Crippen molar-refractivity contribution in [3.8, 4) is 33.8 Å². The molecule has 0 aliphatic heterocycles. The van der Waals surface area contributed by atoms with E-state index in [4.69, 9.17) is 9.47 Å². The number of aldehydes is 1. The molecule has 3 aromatic rings. The Morgan fingerprint density at radius 2 is 1.58 bits per heavy atom. The molecule has 0 unspecified atom stereocenters. The van der Waals surface area contributed by atoms with Crippen LogP contribution in [0.15, 0.2) is 54.1 Å². The third-order valence-electron chi connectivity index (χ3n) is 7.34. The number of carbonyl (C=O) groups excluding carboxylic acids is 1. The summed E-state index contributed by atoms with van der Waals surface area (Å²) in [5, 5.41) is 0. The quantitative estimate of drug-likeness (QED) is 0.310. The van der Waals surface area contributed by atoms with Gasteiger partial charge in [0.2, 0.25) is 0 Å². The van der Waals surface area contributed by atoms with Gasteiger partial charge < -0.3 is 9.47 Å². The largest absolute Gasteiger partial charge is 0.496 e. The zero-order valence-corrected chi connectivity index (χ0v) is 20.6. The Labute approximate surface area is 197 Å². The van der Waals surface area contributed by atoms with Gasteiger partial charge in [-0.2, -0.15) is 0 Å². The maximum absolute atomic E-state index is 12.4. The number of benzene rings is 3. The first-order valence-corrected chi connectivity index (χ1v) is 11.4.